The van der Waals surface area contributed by atoms with Crippen molar-refractivity contribution < 1.29 is 19.1 Å². The number of urea groups is 1. The van der Waals surface area contributed by atoms with Crippen molar-refractivity contribution in [1.29, 1.82) is 0 Å². The van der Waals surface area contributed by atoms with Crippen LogP contribution in [0.1, 0.15) is 38.9 Å². The quantitative estimate of drug-likeness (QED) is 0.652. The van der Waals surface area contributed by atoms with E-state index in [1.165, 1.54) is 0 Å². The predicted octanol–water partition coefficient (Wildman–Crippen LogP) is 2.40. The summed E-state index contributed by atoms with van der Waals surface area (Å²) in [6.07, 6.45) is 3.98. The first-order valence-corrected chi connectivity index (χ1v) is 7.29. The van der Waals surface area contributed by atoms with E-state index in [9.17, 15) is 9.59 Å². The van der Waals surface area contributed by atoms with Crippen LogP contribution in [0.15, 0.2) is 22.8 Å². The Morgan fingerprint density at radius 2 is 2.19 bits per heavy atom. The molecule has 118 valence electrons. The van der Waals surface area contributed by atoms with E-state index in [0.29, 0.717) is 6.54 Å². The molecule has 3 N–H and O–H groups in total. The Balaban J connectivity index is 2.21. The summed E-state index contributed by atoms with van der Waals surface area (Å²) < 4.78 is 5.24. The monoisotopic (exact) mass is 296 g/mol. The van der Waals surface area contributed by atoms with Crippen LogP contribution in [0, 0.1) is 5.92 Å². The number of hydrogen-bond donors (Lipinski definition) is 3. The number of nitrogens with one attached hydrogen (secondary N) is 2. The van der Waals surface area contributed by atoms with Crippen LogP contribution in [-0.4, -0.2) is 29.7 Å². The lowest BCUT2D eigenvalue weighted by Gasteiger charge is -2.17. The Morgan fingerprint density at radius 3 is 2.76 bits per heavy atom. The Kier molecular flexibility index (Phi) is 7.36. The first-order valence-electron chi connectivity index (χ1n) is 7.29. The third-order valence-corrected chi connectivity index (χ3v) is 3.37. The van der Waals surface area contributed by atoms with E-state index in [4.69, 9.17) is 9.52 Å². The second kappa shape index (κ2) is 9.05. The SMILES string of the molecule is CCC(CNC(=O)NC(C)CCc1ccco1)CC(=O)O. The Morgan fingerprint density at radius 1 is 1.43 bits per heavy atom. The van der Waals surface area contributed by atoms with Crippen LogP contribution < -0.4 is 10.6 Å². The zero-order chi connectivity index (χ0) is 15.7. The van der Waals surface area contributed by atoms with Gasteiger partial charge in [0, 0.05) is 25.4 Å². The topological polar surface area (TPSA) is 91.6 Å². The average molecular weight is 296 g/mol. The average Bonchev–Trinajstić information content (AvgIpc) is 2.94. The standard InChI is InChI=1S/C15H24N2O4/c1-3-12(9-14(18)19)10-16-15(20)17-11(2)6-7-13-5-4-8-21-13/h4-5,8,11-12H,3,6-7,9-10H2,1-2H3,(H,18,19)(H2,16,17,20). The minimum Gasteiger partial charge on any atom is -0.481 e. The van der Waals surface area contributed by atoms with Crippen molar-refractivity contribution in [2.75, 3.05) is 6.54 Å². The highest BCUT2D eigenvalue weighted by Gasteiger charge is 2.13. The zero-order valence-corrected chi connectivity index (χ0v) is 12.6. The number of furan rings is 1. The molecule has 0 saturated carbocycles. The summed E-state index contributed by atoms with van der Waals surface area (Å²) in [5.74, 6) is 0.0270. The summed E-state index contributed by atoms with van der Waals surface area (Å²) in [7, 11) is 0. The number of amides is 2. The minimum atomic E-state index is -0.837. The zero-order valence-electron chi connectivity index (χ0n) is 12.6. The number of carboxylic acids is 1. The fourth-order valence-electron chi connectivity index (χ4n) is 2.01. The van der Waals surface area contributed by atoms with Crippen molar-refractivity contribution in [1.82, 2.24) is 10.6 Å². The molecule has 0 bridgehead atoms. The lowest BCUT2D eigenvalue weighted by molar-refractivity contribution is -0.138. The van der Waals surface area contributed by atoms with E-state index in [2.05, 4.69) is 10.6 Å². The number of carbonyl (C=O) groups excluding carboxylic acids is 1. The van der Waals surface area contributed by atoms with Crippen LogP contribution in [-0.2, 0) is 11.2 Å². The summed E-state index contributed by atoms with van der Waals surface area (Å²) in [6.45, 7) is 4.22. The van der Waals surface area contributed by atoms with E-state index in [1.807, 2.05) is 26.0 Å². The van der Waals surface area contributed by atoms with Gasteiger partial charge in [0.25, 0.3) is 0 Å². The van der Waals surface area contributed by atoms with Crippen molar-refractivity contribution in [2.24, 2.45) is 5.92 Å². The number of carboxylic acid groups (broad SMARTS) is 1. The maximum absolute atomic E-state index is 11.7. The number of carbonyl (C=O) groups is 2. The lowest BCUT2D eigenvalue weighted by Crippen LogP contribution is -2.42. The molecule has 1 aromatic rings. The van der Waals surface area contributed by atoms with Gasteiger partial charge < -0.3 is 20.2 Å². The van der Waals surface area contributed by atoms with E-state index >= 15 is 0 Å². The molecule has 0 aliphatic heterocycles. The summed E-state index contributed by atoms with van der Waals surface area (Å²) in [5, 5.41) is 14.3. The van der Waals surface area contributed by atoms with Crippen molar-refractivity contribution in [3.8, 4) is 0 Å². The second-order valence-electron chi connectivity index (χ2n) is 5.25. The van der Waals surface area contributed by atoms with Crippen LogP contribution in [0.25, 0.3) is 0 Å². The van der Waals surface area contributed by atoms with Crippen LogP contribution in [0.3, 0.4) is 0 Å². The highest BCUT2D eigenvalue weighted by Crippen LogP contribution is 2.07. The lowest BCUT2D eigenvalue weighted by atomic mass is 10.0. The molecular formula is C15H24N2O4. The molecule has 6 heteroatoms. The third-order valence-electron chi connectivity index (χ3n) is 3.37. The molecule has 1 heterocycles. The molecule has 0 radical (unpaired) electrons. The van der Waals surface area contributed by atoms with Gasteiger partial charge in [-0.05, 0) is 31.4 Å². The van der Waals surface area contributed by atoms with Crippen molar-refractivity contribution in [2.45, 2.75) is 45.6 Å². The van der Waals surface area contributed by atoms with Crippen LogP contribution >= 0.6 is 0 Å². The van der Waals surface area contributed by atoms with Crippen molar-refractivity contribution >= 4 is 12.0 Å². The van der Waals surface area contributed by atoms with Gasteiger partial charge in [0.05, 0.1) is 6.26 Å². The van der Waals surface area contributed by atoms with Gasteiger partial charge in [0.1, 0.15) is 5.76 Å². The molecule has 0 aromatic carbocycles. The van der Waals surface area contributed by atoms with Crippen LogP contribution in [0.5, 0.6) is 0 Å². The van der Waals surface area contributed by atoms with Gasteiger partial charge in [-0.15, -0.1) is 0 Å². The molecule has 2 amide bonds. The largest absolute Gasteiger partial charge is 0.481 e. The van der Waals surface area contributed by atoms with Gasteiger partial charge in [0.15, 0.2) is 0 Å². The number of aryl methyl sites for hydroxylation is 1. The second-order valence-corrected chi connectivity index (χ2v) is 5.25. The van der Waals surface area contributed by atoms with Gasteiger partial charge in [-0.1, -0.05) is 13.3 Å². The van der Waals surface area contributed by atoms with Crippen molar-refractivity contribution in [3.05, 3.63) is 24.2 Å². The van der Waals surface area contributed by atoms with Gasteiger partial charge in [-0.3, -0.25) is 4.79 Å². The van der Waals surface area contributed by atoms with Gasteiger partial charge in [0.2, 0.25) is 0 Å². The molecular weight excluding hydrogens is 272 g/mol. The number of aliphatic carboxylic acids is 1. The summed E-state index contributed by atoms with van der Waals surface area (Å²) in [4.78, 5) is 22.4. The summed E-state index contributed by atoms with van der Waals surface area (Å²) in [6, 6.07) is 3.51. The van der Waals surface area contributed by atoms with E-state index in [1.54, 1.807) is 6.26 Å². The fourth-order valence-corrected chi connectivity index (χ4v) is 2.01. The molecule has 1 rings (SSSR count). The van der Waals surface area contributed by atoms with Crippen molar-refractivity contribution in [3.63, 3.8) is 0 Å². The fraction of sp³-hybridized carbons (Fsp3) is 0.600. The Labute approximate surface area is 124 Å². The predicted molar refractivity (Wildman–Crippen MR) is 79.1 cm³/mol. The molecule has 0 aliphatic carbocycles. The molecule has 1 aromatic heterocycles. The molecule has 6 nitrogen and oxygen atoms in total. The first-order chi connectivity index (χ1) is 10.0. The van der Waals surface area contributed by atoms with Gasteiger partial charge in [-0.2, -0.15) is 0 Å². The number of hydrogen-bond acceptors (Lipinski definition) is 3. The first kappa shape index (κ1) is 17.1. The third kappa shape index (κ3) is 7.39. The Hall–Kier alpha value is -1.98. The van der Waals surface area contributed by atoms with Gasteiger partial charge in [-0.25, -0.2) is 4.79 Å². The summed E-state index contributed by atoms with van der Waals surface area (Å²) in [5.41, 5.74) is 0. The molecule has 0 spiro atoms. The van der Waals surface area contributed by atoms with Gasteiger partial charge >= 0.3 is 12.0 Å². The number of rotatable bonds is 9. The van der Waals surface area contributed by atoms with Crippen LogP contribution in [0.4, 0.5) is 4.79 Å². The van der Waals surface area contributed by atoms with E-state index in [0.717, 1.165) is 25.0 Å². The molecule has 0 aliphatic rings. The molecule has 2 unspecified atom stereocenters. The highest BCUT2D eigenvalue weighted by molar-refractivity contribution is 5.74. The molecule has 0 fully saturated rings. The van der Waals surface area contributed by atoms with E-state index < -0.39 is 5.97 Å². The van der Waals surface area contributed by atoms with E-state index in [-0.39, 0.29) is 24.4 Å². The highest BCUT2D eigenvalue weighted by atomic mass is 16.4. The molecule has 2 atom stereocenters. The molecule has 21 heavy (non-hydrogen) atoms. The maximum Gasteiger partial charge on any atom is 0.315 e. The normalized spacial score (nSPS) is 13.4. The minimum absolute atomic E-state index is 0.0228. The molecule has 0 saturated heterocycles. The Bertz CT molecular complexity index is 431. The summed E-state index contributed by atoms with van der Waals surface area (Å²) >= 11 is 0. The smallest absolute Gasteiger partial charge is 0.315 e. The maximum atomic E-state index is 11.7. The van der Waals surface area contributed by atoms with Crippen LogP contribution in [0.2, 0.25) is 0 Å².